The van der Waals surface area contributed by atoms with Crippen molar-refractivity contribution in [2.75, 3.05) is 19.6 Å². The van der Waals surface area contributed by atoms with Crippen LogP contribution in [-0.2, 0) is 14.4 Å². The number of aliphatic carboxylic acids is 2. The van der Waals surface area contributed by atoms with Crippen molar-refractivity contribution < 1.29 is 34.6 Å². The Morgan fingerprint density at radius 3 is 2.48 bits per heavy atom. The fourth-order valence-electron chi connectivity index (χ4n) is 3.91. The summed E-state index contributed by atoms with van der Waals surface area (Å²) in [5, 5.41) is 34.3. The lowest BCUT2D eigenvalue weighted by Crippen LogP contribution is -3.14. The van der Waals surface area contributed by atoms with Gasteiger partial charge < -0.3 is 35.1 Å². The number of hydrogen-bond acceptors (Lipinski definition) is 6. The molecule has 0 radical (unpaired) electrons. The Labute approximate surface area is 159 Å². The zero-order chi connectivity index (χ0) is 19.8. The van der Waals surface area contributed by atoms with Crippen LogP contribution < -0.4 is 20.4 Å². The molecular formula is C19H29N2O6-. The number of likely N-dealkylation sites (tertiary alicyclic amines) is 1. The molecule has 1 amide bonds. The van der Waals surface area contributed by atoms with Gasteiger partial charge in [0, 0.05) is 12.3 Å². The maximum atomic E-state index is 12.0. The fraction of sp³-hybridized carbons (Fsp3) is 0.737. The molecule has 2 aliphatic rings. The molecule has 8 heteroatoms. The first-order valence-corrected chi connectivity index (χ1v) is 9.77. The lowest BCUT2D eigenvalue weighted by Gasteiger charge is -2.31. The zero-order valence-electron chi connectivity index (χ0n) is 15.5. The standard InChI is InChI=1S/C19H30N2O6/c22-15-6-3-13(4-7-15)5-8-17(23)20-16(19(26)27)9-11-21-10-1-2-14(12-21)18(24)25/h5,8,13-16,22H,1-4,6-7,9-12H2,(H,20,23)(H,24,25)(H,26,27)/p-1. The number of piperidine rings is 1. The normalized spacial score (nSPS) is 30.0. The molecule has 1 heterocycles. The molecule has 2 rings (SSSR count). The Morgan fingerprint density at radius 1 is 1.15 bits per heavy atom. The van der Waals surface area contributed by atoms with Gasteiger partial charge in [-0.2, -0.15) is 0 Å². The summed E-state index contributed by atoms with van der Waals surface area (Å²) >= 11 is 0. The quantitative estimate of drug-likeness (QED) is 0.378. The topological polar surface area (TPSA) is 134 Å². The Hall–Kier alpha value is -1.93. The maximum Gasteiger partial charge on any atom is 0.244 e. The second-order valence-electron chi connectivity index (χ2n) is 7.71. The van der Waals surface area contributed by atoms with E-state index >= 15 is 0 Å². The van der Waals surface area contributed by atoms with Crippen LogP contribution in [0.15, 0.2) is 12.2 Å². The van der Waals surface area contributed by atoms with E-state index in [-0.39, 0.29) is 18.4 Å². The molecule has 3 N–H and O–H groups in total. The number of rotatable bonds is 8. The highest BCUT2D eigenvalue weighted by Gasteiger charge is 2.25. The molecule has 2 fully saturated rings. The second-order valence-corrected chi connectivity index (χ2v) is 7.71. The molecule has 1 aliphatic heterocycles. The number of nitrogens with one attached hydrogen (secondary N) is 2. The van der Waals surface area contributed by atoms with Gasteiger partial charge in [0.05, 0.1) is 43.7 Å². The lowest BCUT2D eigenvalue weighted by molar-refractivity contribution is -0.908. The van der Waals surface area contributed by atoms with Crippen molar-refractivity contribution in [1.82, 2.24) is 5.32 Å². The van der Waals surface area contributed by atoms with E-state index in [2.05, 4.69) is 5.32 Å². The number of aliphatic hydroxyl groups excluding tert-OH is 1. The van der Waals surface area contributed by atoms with Crippen LogP contribution in [0.5, 0.6) is 0 Å². The summed E-state index contributed by atoms with van der Waals surface area (Å²) in [4.78, 5) is 35.4. The Balaban J connectivity index is 1.78. The first-order valence-electron chi connectivity index (χ1n) is 9.77. The van der Waals surface area contributed by atoms with Gasteiger partial charge in [-0.25, -0.2) is 0 Å². The first-order chi connectivity index (χ1) is 12.8. The van der Waals surface area contributed by atoms with Crippen LogP contribution in [0, 0.1) is 11.8 Å². The Kier molecular flexibility index (Phi) is 8.24. The smallest absolute Gasteiger partial charge is 0.244 e. The van der Waals surface area contributed by atoms with E-state index in [0.717, 1.165) is 30.7 Å². The summed E-state index contributed by atoms with van der Waals surface area (Å²) in [7, 11) is 0. The molecule has 0 bridgehead atoms. The molecule has 0 aromatic carbocycles. The van der Waals surface area contributed by atoms with E-state index in [1.807, 2.05) is 0 Å². The second kappa shape index (κ2) is 10.4. The molecule has 1 saturated carbocycles. The molecule has 3 unspecified atom stereocenters. The number of carbonyl (C=O) groups excluding carboxylic acids is 3. The molecule has 3 atom stereocenters. The van der Waals surface area contributed by atoms with E-state index in [4.69, 9.17) is 0 Å². The summed E-state index contributed by atoms with van der Waals surface area (Å²) in [5.74, 6) is -3.15. The SMILES string of the molecule is O=C(C=CC1CCC(O)CC1)NC(CC[NH+]1CCCC(C(=O)[O-])C1)C(=O)[O-]. The zero-order valence-corrected chi connectivity index (χ0v) is 15.5. The molecule has 1 saturated heterocycles. The van der Waals surface area contributed by atoms with Gasteiger partial charge >= 0.3 is 0 Å². The minimum absolute atomic E-state index is 0.187. The number of carbonyl (C=O) groups is 3. The van der Waals surface area contributed by atoms with Crippen molar-refractivity contribution in [1.29, 1.82) is 0 Å². The number of carboxylic acids is 2. The largest absolute Gasteiger partial charge is 0.550 e. The van der Waals surface area contributed by atoms with Crippen molar-refractivity contribution in [3.05, 3.63) is 12.2 Å². The van der Waals surface area contributed by atoms with Crippen molar-refractivity contribution >= 4 is 17.8 Å². The van der Waals surface area contributed by atoms with E-state index in [1.54, 1.807) is 6.08 Å². The van der Waals surface area contributed by atoms with Gasteiger partial charge in [0.1, 0.15) is 0 Å². The van der Waals surface area contributed by atoms with Crippen LogP contribution in [0.4, 0.5) is 0 Å². The highest BCUT2D eigenvalue weighted by molar-refractivity contribution is 5.90. The predicted octanol–water partition coefficient (Wildman–Crippen LogP) is -3.24. The average Bonchev–Trinajstić information content (AvgIpc) is 2.64. The molecule has 152 valence electrons. The third-order valence-corrected chi connectivity index (χ3v) is 5.60. The lowest BCUT2D eigenvalue weighted by atomic mass is 9.87. The van der Waals surface area contributed by atoms with Crippen molar-refractivity contribution in [3.8, 4) is 0 Å². The number of quaternary nitrogens is 1. The summed E-state index contributed by atoms with van der Waals surface area (Å²) in [5.41, 5.74) is 0. The van der Waals surface area contributed by atoms with Crippen molar-refractivity contribution in [2.24, 2.45) is 11.8 Å². The van der Waals surface area contributed by atoms with Gasteiger partial charge in [0.15, 0.2) is 0 Å². The van der Waals surface area contributed by atoms with Gasteiger partial charge in [-0.05, 0) is 50.5 Å². The summed E-state index contributed by atoms with van der Waals surface area (Å²) in [6, 6.07) is -1.11. The number of amides is 1. The summed E-state index contributed by atoms with van der Waals surface area (Å²) in [6.07, 6.45) is 7.45. The summed E-state index contributed by atoms with van der Waals surface area (Å²) in [6.45, 7) is 1.65. The van der Waals surface area contributed by atoms with Crippen molar-refractivity contribution in [2.45, 2.75) is 57.1 Å². The Bertz CT molecular complexity index is 556. The third-order valence-electron chi connectivity index (χ3n) is 5.60. The van der Waals surface area contributed by atoms with Gasteiger partial charge in [-0.3, -0.25) is 4.79 Å². The summed E-state index contributed by atoms with van der Waals surface area (Å²) < 4.78 is 0. The molecule has 0 aromatic rings. The molecule has 1 aliphatic carbocycles. The number of hydrogen-bond donors (Lipinski definition) is 3. The predicted molar refractivity (Wildman–Crippen MR) is 92.0 cm³/mol. The minimum Gasteiger partial charge on any atom is -0.550 e. The molecule has 0 aromatic heterocycles. The fourth-order valence-corrected chi connectivity index (χ4v) is 3.91. The van der Waals surface area contributed by atoms with Crippen LogP contribution in [0.25, 0.3) is 0 Å². The minimum atomic E-state index is -1.34. The maximum absolute atomic E-state index is 12.0. The number of aliphatic hydroxyl groups is 1. The van der Waals surface area contributed by atoms with Gasteiger partial charge in [-0.15, -0.1) is 0 Å². The van der Waals surface area contributed by atoms with E-state index in [9.17, 15) is 29.7 Å². The first kappa shape index (κ1) is 21.4. The molecular weight excluding hydrogens is 352 g/mol. The van der Waals surface area contributed by atoms with Crippen LogP contribution >= 0.6 is 0 Å². The highest BCUT2D eigenvalue weighted by atomic mass is 16.4. The molecule has 27 heavy (non-hydrogen) atoms. The Morgan fingerprint density at radius 2 is 1.85 bits per heavy atom. The highest BCUT2D eigenvalue weighted by Crippen LogP contribution is 2.24. The average molecular weight is 381 g/mol. The number of allylic oxidation sites excluding steroid dienone is 1. The third kappa shape index (κ3) is 7.30. The van der Waals surface area contributed by atoms with Crippen LogP contribution in [0.3, 0.4) is 0 Å². The van der Waals surface area contributed by atoms with Crippen LogP contribution in [0.1, 0.15) is 44.9 Å². The molecule has 8 nitrogen and oxygen atoms in total. The van der Waals surface area contributed by atoms with E-state index in [1.165, 1.54) is 6.08 Å². The van der Waals surface area contributed by atoms with Crippen LogP contribution in [-0.4, -0.2) is 54.7 Å². The molecule has 0 spiro atoms. The van der Waals surface area contributed by atoms with Crippen molar-refractivity contribution in [3.63, 3.8) is 0 Å². The van der Waals surface area contributed by atoms with Gasteiger partial charge in [0.25, 0.3) is 0 Å². The monoisotopic (exact) mass is 381 g/mol. The van der Waals surface area contributed by atoms with Gasteiger partial charge in [0.2, 0.25) is 5.91 Å². The number of carboxylic acid groups (broad SMARTS) is 2. The van der Waals surface area contributed by atoms with E-state index < -0.39 is 29.8 Å². The van der Waals surface area contributed by atoms with Crippen LogP contribution in [0.2, 0.25) is 0 Å². The van der Waals surface area contributed by atoms with E-state index in [0.29, 0.717) is 32.4 Å². The van der Waals surface area contributed by atoms with Gasteiger partial charge in [-0.1, -0.05) is 6.08 Å².